The van der Waals surface area contributed by atoms with E-state index in [2.05, 4.69) is 9.97 Å². The highest BCUT2D eigenvalue weighted by molar-refractivity contribution is 6.01. The summed E-state index contributed by atoms with van der Waals surface area (Å²) in [5.74, 6) is 1.53. The van der Waals surface area contributed by atoms with Gasteiger partial charge in [-0.05, 0) is 25.1 Å². The maximum atomic E-state index is 14.4. The minimum Gasteiger partial charge on any atom is -0.493 e. The van der Waals surface area contributed by atoms with Crippen LogP contribution in [0.3, 0.4) is 0 Å². The number of imidazole rings is 1. The Hall–Kier alpha value is -3.09. The topological polar surface area (TPSA) is 67.5 Å². The fourth-order valence-corrected chi connectivity index (χ4v) is 3.68. The molecule has 1 amide bonds. The lowest BCUT2D eigenvalue weighted by molar-refractivity contribution is -0.122. The van der Waals surface area contributed by atoms with Gasteiger partial charge < -0.3 is 19.4 Å². The second-order valence-electron chi connectivity index (χ2n) is 6.85. The van der Waals surface area contributed by atoms with E-state index in [-0.39, 0.29) is 11.7 Å². The number of aryl methyl sites for hydroxylation is 1. The fourth-order valence-electron chi connectivity index (χ4n) is 3.68. The molecule has 1 atom stereocenters. The number of H-pyrrole nitrogens is 1. The Morgan fingerprint density at radius 3 is 3.04 bits per heavy atom. The Bertz CT molecular complexity index is 1060. The number of fused-ring (bicyclic) bond motifs is 2. The molecule has 0 spiro atoms. The fraction of sp³-hybridized carbons (Fsp3) is 0.300. The maximum absolute atomic E-state index is 14.4. The smallest absolute Gasteiger partial charge is 0.228 e. The van der Waals surface area contributed by atoms with Crippen molar-refractivity contribution in [2.24, 2.45) is 0 Å². The third kappa shape index (κ3) is 2.61. The average molecular weight is 367 g/mol. The van der Waals surface area contributed by atoms with E-state index in [1.165, 1.54) is 6.07 Å². The predicted octanol–water partition coefficient (Wildman–Crippen LogP) is 3.65. The van der Waals surface area contributed by atoms with Gasteiger partial charge in [0.15, 0.2) is 0 Å². The van der Waals surface area contributed by atoms with Crippen LogP contribution in [-0.4, -0.2) is 29.0 Å². The van der Waals surface area contributed by atoms with Crippen LogP contribution in [0.25, 0.3) is 11.0 Å². The van der Waals surface area contributed by atoms with Gasteiger partial charge in [-0.15, -0.1) is 0 Å². The SMILES string of the molecule is Cc1nc2c(OC3CCOc4cccc(F)c43)cc(N3CCC3=O)cc2[nH]1. The van der Waals surface area contributed by atoms with Gasteiger partial charge in [-0.3, -0.25) is 4.79 Å². The Kier molecular flexibility index (Phi) is 3.56. The van der Waals surface area contributed by atoms with Crippen LogP contribution in [0.1, 0.15) is 30.3 Å². The van der Waals surface area contributed by atoms with Gasteiger partial charge in [0.2, 0.25) is 5.91 Å². The number of hydrogen-bond donors (Lipinski definition) is 1. The van der Waals surface area contributed by atoms with E-state index in [0.29, 0.717) is 48.6 Å². The number of nitrogens with zero attached hydrogens (tertiary/aromatic N) is 2. The molecule has 6 nitrogen and oxygen atoms in total. The molecule has 0 bridgehead atoms. The molecule has 0 saturated carbocycles. The second-order valence-corrected chi connectivity index (χ2v) is 6.85. The molecule has 5 rings (SSSR count). The summed E-state index contributed by atoms with van der Waals surface area (Å²) in [5, 5.41) is 0. The number of benzene rings is 2. The van der Waals surface area contributed by atoms with Crippen LogP contribution in [0.5, 0.6) is 11.5 Å². The van der Waals surface area contributed by atoms with Gasteiger partial charge in [0.05, 0.1) is 17.7 Å². The van der Waals surface area contributed by atoms with E-state index in [0.717, 1.165) is 17.0 Å². The first-order valence-corrected chi connectivity index (χ1v) is 8.99. The number of amides is 1. The number of anilines is 1. The quantitative estimate of drug-likeness (QED) is 0.718. The third-order valence-electron chi connectivity index (χ3n) is 5.06. The lowest BCUT2D eigenvalue weighted by Crippen LogP contribution is -2.43. The lowest BCUT2D eigenvalue weighted by Gasteiger charge is -2.31. The molecule has 3 heterocycles. The highest BCUT2D eigenvalue weighted by Gasteiger charge is 2.30. The van der Waals surface area contributed by atoms with Crippen molar-refractivity contribution >= 4 is 22.6 Å². The highest BCUT2D eigenvalue weighted by Crippen LogP contribution is 2.40. The van der Waals surface area contributed by atoms with Crippen molar-refractivity contribution in [1.29, 1.82) is 0 Å². The van der Waals surface area contributed by atoms with E-state index in [1.54, 1.807) is 17.0 Å². The summed E-state index contributed by atoms with van der Waals surface area (Å²) < 4.78 is 26.2. The highest BCUT2D eigenvalue weighted by atomic mass is 19.1. The summed E-state index contributed by atoms with van der Waals surface area (Å²) in [6.07, 6.45) is 0.609. The molecule has 27 heavy (non-hydrogen) atoms. The Labute approximate surface area is 154 Å². The number of halogens is 1. The standard InChI is InChI=1S/C20H18FN3O3/c1-11-22-14-9-12(24-7-5-18(24)25)10-17(20(14)23-11)27-16-6-8-26-15-4-2-3-13(21)19(15)16/h2-4,9-10,16H,5-8H2,1H3,(H,22,23). The number of aromatic amines is 1. The molecule has 2 aromatic carbocycles. The van der Waals surface area contributed by atoms with E-state index >= 15 is 0 Å². The van der Waals surface area contributed by atoms with Gasteiger partial charge >= 0.3 is 0 Å². The Balaban J connectivity index is 1.58. The summed E-state index contributed by atoms with van der Waals surface area (Å²) >= 11 is 0. The van der Waals surface area contributed by atoms with Crippen molar-refractivity contribution in [2.45, 2.75) is 25.9 Å². The van der Waals surface area contributed by atoms with Crippen molar-refractivity contribution in [1.82, 2.24) is 9.97 Å². The van der Waals surface area contributed by atoms with Crippen molar-refractivity contribution in [3.05, 3.63) is 47.5 Å². The van der Waals surface area contributed by atoms with Gasteiger partial charge in [0.1, 0.15) is 34.8 Å². The molecule has 1 saturated heterocycles. The van der Waals surface area contributed by atoms with Gasteiger partial charge in [-0.25, -0.2) is 9.37 Å². The van der Waals surface area contributed by atoms with Crippen LogP contribution in [0.15, 0.2) is 30.3 Å². The van der Waals surface area contributed by atoms with Gasteiger partial charge in [-0.2, -0.15) is 0 Å². The molecule has 1 unspecified atom stereocenters. The summed E-state index contributed by atoms with van der Waals surface area (Å²) in [4.78, 5) is 21.3. The predicted molar refractivity (Wildman–Crippen MR) is 97.7 cm³/mol. The number of aromatic nitrogens is 2. The third-order valence-corrected chi connectivity index (χ3v) is 5.06. The second kappa shape index (κ2) is 5.97. The van der Waals surface area contributed by atoms with Crippen molar-refractivity contribution in [3.63, 3.8) is 0 Å². The number of β-lactam (4-membered cyclic amide) rings is 1. The Morgan fingerprint density at radius 1 is 1.37 bits per heavy atom. The number of ether oxygens (including phenoxy) is 2. The number of carbonyl (C=O) groups excluding carboxylic acids is 1. The molecular weight excluding hydrogens is 349 g/mol. The van der Waals surface area contributed by atoms with Gasteiger partial charge in [0.25, 0.3) is 0 Å². The van der Waals surface area contributed by atoms with Crippen LogP contribution >= 0.6 is 0 Å². The monoisotopic (exact) mass is 367 g/mol. The van der Waals surface area contributed by atoms with E-state index in [4.69, 9.17) is 9.47 Å². The molecule has 7 heteroatoms. The number of carbonyl (C=O) groups is 1. The average Bonchev–Trinajstić information content (AvgIpc) is 3.01. The van der Waals surface area contributed by atoms with Crippen molar-refractivity contribution in [3.8, 4) is 11.5 Å². The van der Waals surface area contributed by atoms with Crippen LogP contribution in [0, 0.1) is 12.7 Å². The first kappa shape index (κ1) is 16.1. The van der Waals surface area contributed by atoms with Crippen LogP contribution in [-0.2, 0) is 4.79 Å². The van der Waals surface area contributed by atoms with E-state index < -0.39 is 6.10 Å². The van der Waals surface area contributed by atoms with Crippen molar-refractivity contribution in [2.75, 3.05) is 18.1 Å². The van der Waals surface area contributed by atoms with E-state index in [9.17, 15) is 9.18 Å². The van der Waals surface area contributed by atoms with E-state index in [1.807, 2.05) is 19.1 Å². The summed E-state index contributed by atoms with van der Waals surface area (Å²) in [6.45, 7) is 3.00. The molecule has 3 aromatic rings. The molecule has 138 valence electrons. The molecule has 2 aliphatic heterocycles. The molecule has 2 aliphatic rings. The minimum absolute atomic E-state index is 0.0824. The lowest BCUT2D eigenvalue weighted by atomic mass is 10.0. The number of rotatable bonds is 3. The van der Waals surface area contributed by atoms with Gasteiger partial charge in [0, 0.05) is 31.1 Å². The van der Waals surface area contributed by atoms with Gasteiger partial charge in [-0.1, -0.05) is 6.07 Å². The summed E-state index contributed by atoms with van der Waals surface area (Å²) in [5.41, 5.74) is 2.65. The van der Waals surface area contributed by atoms with Crippen molar-refractivity contribution < 1.29 is 18.7 Å². The molecule has 1 aromatic heterocycles. The first-order chi connectivity index (χ1) is 13.1. The molecule has 0 radical (unpaired) electrons. The first-order valence-electron chi connectivity index (χ1n) is 8.99. The minimum atomic E-state index is -0.475. The zero-order chi connectivity index (χ0) is 18.5. The summed E-state index contributed by atoms with van der Waals surface area (Å²) in [6, 6.07) is 8.50. The summed E-state index contributed by atoms with van der Waals surface area (Å²) in [7, 11) is 0. The van der Waals surface area contributed by atoms with Crippen LogP contribution in [0.4, 0.5) is 10.1 Å². The maximum Gasteiger partial charge on any atom is 0.228 e. The number of hydrogen-bond acceptors (Lipinski definition) is 4. The molecule has 0 aliphatic carbocycles. The number of nitrogens with one attached hydrogen (secondary N) is 1. The molecule has 1 N–H and O–H groups in total. The largest absolute Gasteiger partial charge is 0.493 e. The zero-order valence-corrected chi connectivity index (χ0v) is 14.8. The molecule has 1 fully saturated rings. The Morgan fingerprint density at radius 2 is 2.26 bits per heavy atom. The normalized spacial score (nSPS) is 18.8. The van der Waals surface area contributed by atoms with Crippen LogP contribution in [0.2, 0.25) is 0 Å². The molecular formula is C20H18FN3O3. The zero-order valence-electron chi connectivity index (χ0n) is 14.8. The van der Waals surface area contributed by atoms with Crippen LogP contribution < -0.4 is 14.4 Å².